The van der Waals surface area contributed by atoms with E-state index in [0.29, 0.717) is 0 Å². The van der Waals surface area contributed by atoms with E-state index in [0.717, 1.165) is 12.8 Å². The summed E-state index contributed by atoms with van der Waals surface area (Å²) in [5.41, 5.74) is -0.352. The number of hydrogen-bond donors (Lipinski definition) is 2. The second-order valence-corrected chi connectivity index (χ2v) is 7.83. The molecule has 5 heteroatoms. The van der Waals surface area contributed by atoms with E-state index in [-0.39, 0.29) is 22.6 Å². The van der Waals surface area contributed by atoms with Gasteiger partial charge in [0.2, 0.25) is 0 Å². The first-order valence-electron chi connectivity index (χ1n) is 6.14. The van der Waals surface area contributed by atoms with Gasteiger partial charge in [0.25, 0.3) is 0 Å². The SMILES string of the molecule is CC1N[C@]2(CCC=CO2)[C@H]1N[S@@+]([O-])C(C)(C)C. The summed E-state index contributed by atoms with van der Waals surface area (Å²) in [6.45, 7) is 8.01. The van der Waals surface area contributed by atoms with E-state index in [1.807, 2.05) is 26.8 Å². The highest BCUT2D eigenvalue weighted by molar-refractivity contribution is 7.90. The van der Waals surface area contributed by atoms with Gasteiger partial charge in [0, 0.05) is 23.8 Å². The lowest BCUT2D eigenvalue weighted by Crippen LogP contribution is -2.80. The first-order chi connectivity index (χ1) is 7.85. The third-order valence-electron chi connectivity index (χ3n) is 3.32. The van der Waals surface area contributed by atoms with Crippen LogP contribution in [0.1, 0.15) is 40.5 Å². The van der Waals surface area contributed by atoms with Crippen molar-refractivity contribution in [3.63, 3.8) is 0 Å². The Morgan fingerprint density at radius 1 is 1.53 bits per heavy atom. The minimum atomic E-state index is -1.06. The van der Waals surface area contributed by atoms with Crippen molar-refractivity contribution in [2.75, 3.05) is 0 Å². The molecule has 4 nitrogen and oxygen atoms in total. The zero-order valence-corrected chi connectivity index (χ0v) is 11.8. The lowest BCUT2D eigenvalue weighted by molar-refractivity contribution is -0.126. The molecule has 2 heterocycles. The highest BCUT2D eigenvalue weighted by Crippen LogP contribution is 2.35. The van der Waals surface area contributed by atoms with Gasteiger partial charge in [-0.05, 0) is 40.2 Å². The van der Waals surface area contributed by atoms with Gasteiger partial charge in [-0.15, -0.1) is 4.72 Å². The van der Waals surface area contributed by atoms with Crippen LogP contribution in [0.3, 0.4) is 0 Å². The Morgan fingerprint density at radius 2 is 2.24 bits per heavy atom. The van der Waals surface area contributed by atoms with Crippen LogP contribution >= 0.6 is 0 Å². The van der Waals surface area contributed by atoms with E-state index in [1.54, 1.807) is 6.26 Å². The molecule has 98 valence electrons. The molecule has 2 N–H and O–H groups in total. The molecule has 4 atom stereocenters. The maximum absolute atomic E-state index is 12.1. The number of ether oxygens (including phenoxy) is 1. The molecule has 0 aromatic heterocycles. The first kappa shape index (κ1) is 13.2. The normalized spacial score (nSPS) is 38.6. The van der Waals surface area contributed by atoms with Crippen LogP contribution in [0.15, 0.2) is 12.3 Å². The monoisotopic (exact) mass is 258 g/mol. The Labute approximate surface area is 106 Å². The molecular weight excluding hydrogens is 236 g/mol. The van der Waals surface area contributed by atoms with Crippen LogP contribution in [0.4, 0.5) is 0 Å². The Bertz CT molecular complexity index is 316. The molecule has 2 aliphatic heterocycles. The van der Waals surface area contributed by atoms with Crippen LogP contribution in [0.25, 0.3) is 0 Å². The van der Waals surface area contributed by atoms with E-state index in [9.17, 15) is 4.55 Å². The van der Waals surface area contributed by atoms with Crippen LogP contribution in [-0.4, -0.2) is 27.1 Å². The van der Waals surface area contributed by atoms with Crippen LogP contribution in [-0.2, 0) is 16.1 Å². The molecule has 2 rings (SSSR count). The van der Waals surface area contributed by atoms with Crippen molar-refractivity contribution in [1.29, 1.82) is 0 Å². The molecule has 1 saturated heterocycles. The minimum absolute atomic E-state index is 0.104. The summed E-state index contributed by atoms with van der Waals surface area (Å²) in [5, 5.41) is 3.39. The maximum atomic E-state index is 12.1. The molecule has 0 radical (unpaired) electrons. The fourth-order valence-corrected chi connectivity index (χ4v) is 3.26. The molecule has 0 amide bonds. The highest BCUT2D eigenvalue weighted by Gasteiger charge is 2.56. The van der Waals surface area contributed by atoms with Gasteiger partial charge < -0.3 is 9.29 Å². The molecule has 0 aromatic rings. The minimum Gasteiger partial charge on any atom is -0.598 e. The van der Waals surface area contributed by atoms with Crippen molar-refractivity contribution in [1.82, 2.24) is 10.0 Å². The van der Waals surface area contributed by atoms with Crippen LogP contribution in [0, 0.1) is 0 Å². The zero-order chi connectivity index (χ0) is 12.7. The van der Waals surface area contributed by atoms with Crippen molar-refractivity contribution >= 4 is 11.4 Å². The van der Waals surface area contributed by atoms with Crippen LogP contribution < -0.4 is 10.0 Å². The molecule has 17 heavy (non-hydrogen) atoms. The molecule has 1 spiro atoms. The molecule has 1 unspecified atom stereocenters. The summed E-state index contributed by atoms with van der Waals surface area (Å²) in [7, 11) is 0. The first-order valence-corrected chi connectivity index (χ1v) is 7.29. The van der Waals surface area contributed by atoms with Gasteiger partial charge in [-0.1, -0.05) is 0 Å². The average Bonchev–Trinajstić information content (AvgIpc) is 2.25. The van der Waals surface area contributed by atoms with E-state index in [4.69, 9.17) is 4.74 Å². The molecule has 2 aliphatic rings. The van der Waals surface area contributed by atoms with Crippen LogP contribution in [0.2, 0.25) is 0 Å². The van der Waals surface area contributed by atoms with Crippen molar-refractivity contribution in [3.8, 4) is 0 Å². The highest BCUT2D eigenvalue weighted by atomic mass is 32.2. The summed E-state index contributed by atoms with van der Waals surface area (Å²) in [4.78, 5) is 0. The molecule has 0 aliphatic carbocycles. The summed E-state index contributed by atoms with van der Waals surface area (Å²) < 4.78 is 20.8. The summed E-state index contributed by atoms with van der Waals surface area (Å²) in [6.07, 6.45) is 5.69. The topological polar surface area (TPSA) is 56.3 Å². The fourth-order valence-electron chi connectivity index (χ4n) is 2.28. The van der Waals surface area contributed by atoms with Gasteiger partial charge in [0.15, 0.2) is 5.72 Å². The second kappa shape index (κ2) is 4.46. The number of rotatable bonds is 2. The van der Waals surface area contributed by atoms with Crippen molar-refractivity contribution in [2.24, 2.45) is 0 Å². The van der Waals surface area contributed by atoms with Crippen molar-refractivity contribution in [3.05, 3.63) is 12.3 Å². The van der Waals surface area contributed by atoms with E-state index in [1.165, 1.54) is 0 Å². The predicted molar refractivity (Wildman–Crippen MR) is 69.6 cm³/mol. The summed E-state index contributed by atoms with van der Waals surface area (Å²) in [5.74, 6) is 0. The second-order valence-electron chi connectivity index (χ2n) is 5.83. The Kier molecular flexibility index (Phi) is 3.47. The largest absolute Gasteiger partial charge is 0.598 e. The third kappa shape index (κ3) is 2.47. The molecule has 0 bridgehead atoms. The van der Waals surface area contributed by atoms with Crippen molar-refractivity contribution in [2.45, 2.75) is 63.1 Å². The lowest BCUT2D eigenvalue weighted by atomic mass is 9.83. The Balaban J connectivity index is 2.02. The lowest BCUT2D eigenvalue weighted by Gasteiger charge is -2.54. The molecule has 0 aromatic carbocycles. The fraction of sp³-hybridized carbons (Fsp3) is 0.833. The van der Waals surface area contributed by atoms with E-state index >= 15 is 0 Å². The molecular formula is C12H22N2O2S. The maximum Gasteiger partial charge on any atom is 0.181 e. The smallest absolute Gasteiger partial charge is 0.181 e. The van der Waals surface area contributed by atoms with Gasteiger partial charge in [-0.3, -0.25) is 5.32 Å². The quantitative estimate of drug-likeness (QED) is 0.736. The van der Waals surface area contributed by atoms with Gasteiger partial charge in [0.1, 0.15) is 10.8 Å². The third-order valence-corrected chi connectivity index (χ3v) is 4.90. The molecule has 1 fully saturated rings. The summed E-state index contributed by atoms with van der Waals surface area (Å²) in [6, 6.07) is 0.389. The van der Waals surface area contributed by atoms with Crippen molar-refractivity contribution < 1.29 is 9.29 Å². The van der Waals surface area contributed by atoms with Gasteiger partial charge in [-0.25, -0.2) is 0 Å². The van der Waals surface area contributed by atoms with Gasteiger partial charge >= 0.3 is 0 Å². The predicted octanol–water partition coefficient (Wildman–Crippen LogP) is 1.42. The van der Waals surface area contributed by atoms with Gasteiger partial charge in [0.05, 0.1) is 6.26 Å². The number of nitrogens with one attached hydrogen (secondary N) is 2. The van der Waals surface area contributed by atoms with E-state index < -0.39 is 11.4 Å². The van der Waals surface area contributed by atoms with Gasteiger partial charge in [-0.2, -0.15) is 0 Å². The average molecular weight is 258 g/mol. The molecule has 0 saturated carbocycles. The standard InChI is InChI=1S/C12H22N2O2S/c1-9-10(14-17(15)11(2,3)4)12(13-9)7-5-6-8-16-12/h6,8-10,13-14H,5,7H2,1-4H3/t9?,10-,12-,17-/m0/s1. The van der Waals surface area contributed by atoms with E-state index in [2.05, 4.69) is 17.0 Å². The summed E-state index contributed by atoms with van der Waals surface area (Å²) >= 11 is -1.06. The number of allylic oxidation sites excluding steroid dienone is 1. The number of hydrogen-bond acceptors (Lipinski definition) is 4. The zero-order valence-electron chi connectivity index (χ0n) is 10.9. The Hall–Kier alpha value is -0.230. The van der Waals surface area contributed by atoms with Crippen LogP contribution in [0.5, 0.6) is 0 Å². The Morgan fingerprint density at radius 3 is 2.71 bits per heavy atom.